The van der Waals surface area contributed by atoms with Crippen LogP contribution in [0.25, 0.3) is 0 Å². The number of anilines is 2. The van der Waals surface area contributed by atoms with E-state index >= 15 is 0 Å². The zero-order valence-corrected chi connectivity index (χ0v) is 15.3. The summed E-state index contributed by atoms with van der Waals surface area (Å²) in [5, 5.41) is 0.562. The molecule has 0 amide bonds. The van der Waals surface area contributed by atoms with E-state index in [2.05, 4.69) is 9.62 Å². The Labute approximate surface area is 152 Å². The number of benzene rings is 2. The Kier molecular flexibility index (Phi) is 5.23. The summed E-state index contributed by atoms with van der Waals surface area (Å²) >= 11 is 11.8. The van der Waals surface area contributed by atoms with Crippen molar-refractivity contribution in [1.29, 1.82) is 0 Å². The van der Waals surface area contributed by atoms with E-state index in [0.29, 0.717) is 5.69 Å². The van der Waals surface area contributed by atoms with Gasteiger partial charge in [-0.3, -0.25) is 4.72 Å². The lowest BCUT2D eigenvalue weighted by molar-refractivity contribution is 0.578. The number of piperidine rings is 1. The maximum Gasteiger partial charge on any atom is 0.261 e. The summed E-state index contributed by atoms with van der Waals surface area (Å²) in [6, 6.07) is 11.7. The normalized spacial score (nSPS) is 15.3. The summed E-state index contributed by atoms with van der Waals surface area (Å²) in [5.41, 5.74) is 1.62. The molecule has 24 heavy (non-hydrogen) atoms. The smallest absolute Gasteiger partial charge is 0.261 e. The van der Waals surface area contributed by atoms with Gasteiger partial charge in [-0.05, 0) is 61.7 Å². The Morgan fingerprint density at radius 1 is 0.875 bits per heavy atom. The molecule has 7 heteroatoms. The van der Waals surface area contributed by atoms with Gasteiger partial charge in [0.25, 0.3) is 10.0 Å². The molecule has 4 nitrogen and oxygen atoms in total. The van der Waals surface area contributed by atoms with Crippen molar-refractivity contribution in [1.82, 2.24) is 0 Å². The highest BCUT2D eigenvalue weighted by Gasteiger charge is 2.16. The largest absolute Gasteiger partial charge is 0.372 e. The minimum absolute atomic E-state index is 0.0418. The predicted octanol–water partition coefficient (Wildman–Crippen LogP) is 4.78. The van der Waals surface area contributed by atoms with Crippen LogP contribution in [-0.4, -0.2) is 21.5 Å². The van der Waals surface area contributed by atoms with Crippen LogP contribution in [0.2, 0.25) is 10.0 Å². The minimum Gasteiger partial charge on any atom is -0.372 e. The van der Waals surface area contributed by atoms with Gasteiger partial charge in [-0.2, -0.15) is 0 Å². The first-order valence-electron chi connectivity index (χ1n) is 7.78. The molecule has 1 aliphatic rings. The summed E-state index contributed by atoms with van der Waals surface area (Å²) in [6.45, 7) is 2.10. The molecule has 0 bridgehead atoms. The van der Waals surface area contributed by atoms with Crippen LogP contribution in [0.4, 0.5) is 11.4 Å². The first-order chi connectivity index (χ1) is 11.4. The van der Waals surface area contributed by atoms with Gasteiger partial charge in [0.05, 0.1) is 4.90 Å². The number of hydrogen-bond donors (Lipinski definition) is 1. The van der Waals surface area contributed by atoms with Gasteiger partial charge in [0, 0.05) is 34.5 Å². The van der Waals surface area contributed by atoms with Gasteiger partial charge < -0.3 is 4.90 Å². The van der Waals surface area contributed by atoms with Gasteiger partial charge in [-0.15, -0.1) is 0 Å². The Balaban J connectivity index is 1.77. The molecule has 0 aromatic heterocycles. The molecule has 2 aromatic carbocycles. The Morgan fingerprint density at radius 3 is 2.04 bits per heavy atom. The Bertz CT molecular complexity index is 797. The molecule has 0 spiro atoms. The number of rotatable bonds is 4. The molecule has 0 aliphatic carbocycles. The number of sulfonamides is 1. The molecule has 1 heterocycles. The molecular weight excluding hydrogens is 367 g/mol. The topological polar surface area (TPSA) is 49.4 Å². The van der Waals surface area contributed by atoms with E-state index in [4.69, 9.17) is 23.2 Å². The van der Waals surface area contributed by atoms with Gasteiger partial charge in [-0.1, -0.05) is 23.2 Å². The van der Waals surface area contributed by atoms with Gasteiger partial charge in [0.15, 0.2) is 0 Å². The predicted molar refractivity (Wildman–Crippen MR) is 99.8 cm³/mol. The summed E-state index contributed by atoms with van der Waals surface area (Å²) in [4.78, 5) is 2.36. The van der Waals surface area contributed by atoms with E-state index in [0.717, 1.165) is 18.8 Å². The van der Waals surface area contributed by atoms with Crippen molar-refractivity contribution in [2.75, 3.05) is 22.7 Å². The molecule has 1 aliphatic heterocycles. The quantitative estimate of drug-likeness (QED) is 0.824. The minimum atomic E-state index is -3.73. The highest BCUT2D eigenvalue weighted by Crippen LogP contribution is 2.26. The molecule has 0 atom stereocenters. The van der Waals surface area contributed by atoms with E-state index < -0.39 is 10.0 Å². The lowest BCUT2D eigenvalue weighted by Crippen LogP contribution is -2.29. The van der Waals surface area contributed by atoms with Gasteiger partial charge >= 0.3 is 0 Å². The molecular formula is C17H18Cl2N2O2S. The molecule has 2 aromatic rings. The van der Waals surface area contributed by atoms with Crippen LogP contribution in [0.15, 0.2) is 47.4 Å². The standard InChI is InChI=1S/C17H18Cl2N2O2S/c18-13-10-14(19)12-17(11-13)24(22,23)20-15-4-6-16(7-5-15)21-8-2-1-3-9-21/h4-7,10-12,20H,1-3,8-9H2. The third-order valence-corrected chi connectivity index (χ3v) is 5.78. The van der Waals surface area contributed by atoms with Crippen LogP contribution < -0.4 is 9.62 Å². The zero-order valence-electron chi connectivity index (χ0n) is 13.0. The maximum atomic E-state index is 12.5. The number of nitrogens with one attached hydrogen (secondary N) is 1. The van der Waals surface area contributed by atoms with Gasteiger partial charge in [0.2, 0.25) is 0 Å². The van der Waals surface area contributed by atoms with Crippen molar-refractivity contribution in [2.24, 2.45) is 0 Å². The van der Waals surface area contributed by atoms with Crippen LogP contribution in [0.3, 0.4) is 0 Å². The number of nitrogens with zero attached hydrogens (tertiary/aromatic N) is 1. The molecule has 0 saturated carbocycles. The monoisotopic (exact) mass is 384 g/mol. The van der Waals surface area contributed by atoms with E-state index in [1.807, 2.05) is 12.1 Å². The second-order valence-corrected chi connectivity index (χ2v) is 8.36. The highest BCUT2D eigenvalue weighted by atomic mass is 35.5. The van der Waals surface area contributed by atoms with Crippen molar-refractivity contribution in [3.63, 3.8) is 0 Å². The SMILES string of the molecule is O=S(=O)(Nc1ccc(N2CCCCC2)cc1)c1cc(Cl)cc(Cl)c1. The Hall–Kier alpha value is -1.43. The fourth-order valence-corrected chi connectivity index (χ4v) is 4.57. The van der Waals surface area contributed by atoms with Crippen LogP contribution in [0, 0.1) is 0 Å². The van der Waals surface area contributed by atoms with Crippen molar-refractivity contribution in [3.05, 3.63) is 52.5 Å². The van der Waals surface area contributed by atoms with Crippen LogP contribution in [0.1, 0.15) is 19.3 Å². The zero-order chi connectivity index (χ0) is 17.2. The second kappa shape index (κ2) is 7.21. The van der Waals surface area contributed by atoms with E-state index in [1.54, 1.807) is 12.1 Å². The number of hydrogen-bond acceptors (Lipinski definition) is 3. The van der Waals surface area contributed by atoms with Crippen molar-refractivity contribution >= 4 is 44.6 Å². The van der Waals surface area contributed by atoms with E-state index in [9.17, 15) is 8.42 Å². The van der Waals surface area contributed by atoms with Gasteiger partial charge in [-0.25, -0.2) is 8.42 Å². The molecule has 1 saturated heterocycles. The highest BCUT2D eigenvalue weighted by molar-refractivity contribution is 7.92. The van der Waals surface area contributed by atoms with Gasteiger partial charge in [0.1, 0.15) is 0 Å². The summed E-state index contributed by atoms with van der Waals surface area (Å²) in [7, 11) is -3.73. The molecule has 128 valence electrons. The Morgan fingerprint density at radius 2 is 1.46 bits per heavy atom. The summed E-state index contributed by atoms with van der Waals surface area (Å²) in [5.74, 6) is 0. The second-order valence-electron chi connectivity index (χ2n) is 5.81. The van der Waals surface area contributed by atoms with Crippen molar-refractivity contribution < 1.29 is 8.42 Å². The summed E-state index contributed by atoms with van der Waals surface area (Å²) < 4.78 is 27.5. The van der Waals surface area contributed by atoms with Crippen LogP contribution in [0.5, 0.6) is 0 Å². The first kappa shape index (κ1) is 17.4. The molecule has 3 rings (SSSR count). The van der Waals surface area contributed by atoms with Crippen LogP contribution in [-0.2, 0) is 10.0 Å². The van der Waals surface area contributed by atoms with Crippen molar-refractivity contribution in [3.8, 4) is 0 Å². The maximum absolute atomic E-state index is 12.5. The van der Waals surface area contributed by atoms with Crippen LogP contribution >= 0.6 is 23.2 Å². The lowest BCUT2D eigenvalue weighted by Gasteiger charge is -2.28. The fraction of sp³-hybridized carbons (Fsp3) is 0.294. The van der Waals surface area contributed by atoms with E-state index in [-0.39, 0.29) is 14.9 Å². The molecule has 1 N–H and O–H groups in total. The third kappa shape index (κ3) is 4.15. The average Bonchev–Trinajstić information content (AvgIpc) is 2.55. The molecule has 0 radical (unpaired) electrons. The van der Waals surface area contributed by atoms with E-state index in [1.165, 1.54) is 37.5 Å². The first-order valence-corrected chi connectivity index (χ1v) is 10.0. The molecule has 1 fully saturated rings. The average molecular weight is 385 g/mol. The molecule has 0 unspecified atom stereocenters. The lowest BCUT2D eigenvalue weighted by atomic mass is 10.1. The number of halogens is 2. The summed E-state index contributed by atoms with van der Waals surface area (Å²) in [6.07, 6.45) is 3.67. The third-order valence-electron chi connectivity index (χ3n) is 3.99. The van der Waals surface area contributed by atoms with Crippen molar-refractivity contribution in [2.45, 2.75) is 24.2 Å². The fourth-order valence-electron chi connectivity index (χ4n) is 2.79.